The molecule has 3 aromatic rings. The van der Waals surface area contributed by atoms with Crippen molar-refractivity contribution in [3.05, 3.63) is 71.2 Å². The molecule has 1 N–H and O–H groups in total. The molecular formula is C18H14FNO5S. The highest BCUT2D eigenvalue weighted by Crippen LogP contribution is 2.23. The summed E-state index contributed by atoms with van der Waals surface area (Å²) in [5, 5.41) is 3.11. The summed E-state index contributed by atoms with van der Waals surface area (Å²) in [6.07, 6.45) is 1.40. The van der Waals surface area contributed by atoms with Crippen LogP contribution >= 0.6 is 11.3 Å². The van der Waals surface area contributed by atoms with Gasteiger partial charge in [-0.05, 0) is 36.4 Å². The number of hydrogen-bond donors (Lipinski definition) is 1. The maximum atomic E-state index is 13.4. The van der Waals surface area contributed by atoms with E-state index in [-0.39, 0.29) is 24.7 Å². The van der Waals surface area contributed by atoms with Crippen LogP contribution in [0.25, 0.3) is 0 Å². The van der Waals surface area contributed by atoms with E-state index in [4.69, 9.17) is 13.9 Å². The molecule has 1 amide bonds. The summed E-state index contributed by atoms with van der Waals surface area (Å²) in [4.78, 5) is 24.2. The van der Waals surface area contributed by atoms with Gasteiger partial charge in [-0.3, -0.25) is 4.79 Å². The quantitative estimate of drug-likeness (QED) is 0.499. The molecular weight excluding hydrogens is 361 g/mol. The van der Waals surface area contributed by atoms with E-state index in [1.54, 1.807) is 30.3 Å². The van der Waals surface area contributed by atoms with Crippen LogP contribution in [0, 0.1) is 5.82 Å². The number of amides is 1. The van der Waals surface area contributed by atoms with Crippen LogP contribution in [-0.4, -0.2) is 25.1 Å². The lowest BCUT2D eigenvalue weighted by Crippen LogP contribution is -2.12. The van der Waals surface area contributed by atoms with Crippen LogP contribution in [0.15, 0.2) is 59.2 Å². The minimum atomic E-state index is -0.550. The average Bonchev–Trinajstić information content (AvgIpc) is 3.32. The van der Waals surface area contributed by atoms with E-state index < -0.39 is 17.7 Å². The Hall–Kier alpha value is -3.13. The highest BCUT2D eigenvalue weighted by Gasteiger charge is 2.14. The Labute approximate surface area is 152 Å². The van der Waals surface area contributed by atoms with E-state index in [1.807, 2.05) is 0 Å². The van der Waals surface area contributed by atoms with Crippen LogP contribution in [0.3, 0.4) is 0 Å². The molecule has 0 unspecified atom stereocenters. The number of rotatable bonds is 7. The maximum absolute atomic E-state index is 13.4. The number of benzene rings is 1. The van der Waals surface area contributed by atoms with Crippen molar-refractivity contribution in [1.82, 2.24) is 0 Å². The van der Waals surface area contributed by atoms with Gasteiger partial charge in [0.25, 0.3) is 5.91 Å². The summed E-state index contributed by atoms with van der Waals surface area (Å²) in [7, 11) is 0. The van der Waals surface area contributed by atoms with Crippen molar-refractivity contribution in [3.8, 4) is 5.75 Å². The van der Waals surface area contributed by atoms with Gasteiger partial charge in [0.15, 0.2) is 17.3 Å². The number of carbonyl (C=O) groups excluding carboxylic acids is 2. The second-order valence-corrected chi connectivity index (χ2v) is 6.09. The molecule has 26 heavy (non-hydrogen) atoms. The summed E-state index contributed by atoms with van der Waals surface area (Å²) in [5.41, 5.74) is 0. The number of para-hydroxylation sites is 1. The third-order valence-electron chi connectivity index (χ3n) is 3.20. The van der Waals surface area contributed by atoms with Gasteiger partial charge in [-0.15, -0.1) is 11.3 Å². The van der Waals surface area contributed by atoms with Crippen LogP contribution in [-0.2, 0) is 4.74 Å². The van der Waals surface area contributed by atoms with Crippen molar-refractivity contribution < 1.29 is 27.9 Å². The molecule has 134 valence electrons. The molecule has 0 saturated carbocycles. The molecule has 2 aromatic heterocycles. The average molecular weight is 375 g/mol. The Kier molecular flexibility index (Phi) is 5.65. The van der Waals surface area contributed by atoms with Crippen LogP contribution < -0.4 is 10.1 Å². The molecule has 0 spiro atoms. The van der Waals surface area contributed by atoms with Gasteiger partial charge in [0, 0.05) is 0 Å². The zero-order valence-corrected chi connectivity index (χ0v) is 14.3. The second kappa shape index (κ2) is 8.30. The van der Waals surface area contributed by atoms with Crippen molar-refractivity contribution in [2.24, 2.45) is 0 Å². The Morgan fingerprint density at radius 1 is 1.08 bits per heavy atom. The summed E-state index contributed by atoms with van der Waals surface area (Å²) in [6, 6.07) is 12.3. The fourth-order valence-corrected chi connectivity index (χ4v) is 2.81. The SMILES string of the molecule is O=C(Nc1ccc(C(=O)OCCOc2ccccc2F)s1)c1ccco1. The van der Waals surface area contributed by atoms with Crippen molar-refractivity contribution in [1.29, 1.82) is 0 Å². The van der Waals surface area contributed by atoms with Crippen LogP contribution in [0.2, 0.25) is 0 Å². The predicted molar refractivity (Wildman–Crippen MR) is 93.2 cm³/mol. The minimum absolute atomic E-state index is 0.0279. The lowest BCUT2D eigenvalue weighted by molar-refractivity contribution is 0.0454. The first kappa shape index (κ1) is 17.7. The first-order valence-electron chi connectivity index (χ1n) is 7.62. The Morgan fingerprint density at radius 2 is 1.92 bits per heavy atom. The Bertz CT molecular complexity index is 891. The van der Waals surface area contributed by atoms with E-state index >= 15 is 0 Å². The summed E-state index contributed by atoms with van der Waals surface area (Å²) < 4.78 is 28.6. The first-order chi connectivity index (χ1) is 12.6. The molecule has 6 nitrogen and oxygen atoms in total. The van der Waals surface area contributed by atoms with E-state index in [1.165, 1.54) is 24.5 Å². The topological polar surface area (TPSA) is 77.8 Å². The van der Waals surface area contributed by atoms with Gasteiger partial charge >= 0.3 is 5.97 Å². The zero-order valence-electron chi connectivity index (χ0n) is 13.4. The lowest BCUT2D eigenvalue weighted by Gasteiger charge is -2.07. The number of ether oxygens (including phenoxy) is 2. The summed E-state index contributed by atoms with van der Waals surface area (Å²) >= 11 is 1.07. The number of furan rings is 1. The first-order valence-corrected chi connectivity index (χ1v) is 8.44. The fourth-order valence-electron chi connectivity index (χ4n) is 2.01. The minimum Gasteiger partial charge on any atom is -0.487 e. The molecule has 0 aliphatic carbocycles. The summed E-state index contributed by atoms with van der Waals surface area (Å²) in [5.74, 6) is -1.16. The maximum Gasteiger partial charge on any atom is 0.348 e. The number of nitrogens with one attached hydrogen (secondary N) is 1. The molecule has 0 saturated heterocycles. The van der Waals surface area contributed by atoms with Crippen LogP contribution in [0.5, 0.6) is 5.75 Å². The van der Waals surface area contributed by atoms with Crippen molar-refractivity contribution in [2.75, 3.05) is 18.5 Å². The van der Waals surface area contributed by atoms with E-state index in [9.17, 15) is 14.0 Å². The number of carbonyl (C=O) groups is 2. The predicted octanol–water partition coefficient (Wildman–Crippen LogP) is 3.97. The second-order valence-electron chi connectivity index (χ2n) is 5.01. The highest BCUT2D eigenvalue weighted by molar-refractivity contribution is 7.18. The zero-order chi connectivity index (χ0) is 18.4. The van der Waals surface area contributed by atoms with Gasteiger partial charge in [0.05, 0.1) is 11.3 Å². The van der Waals surface area contributed by atoms with E-state index in [2.05, 4.69) is 5.32 Å². The number of esters is 1. The van der Waals surface area contributed by atoms with Crippen LogP contribution in [0.4, 0.5) is 9.39 Å². The Morgan fingerprint density at radius 3 is 2.69 bits per heavy atom. The molecule has 8 heteroatoms. The molecule has 3 rings (SSSR count). The van der Waals surface area contributed by atoms with Gasteiger partial charge in [0.2, 0.25) is 0 Å². The molecule has 1 aromatic carbocycles. The molecule has 0 bridgehead atoms. The van der Waals surface area contributed by atoms with Gasteiger partial charge in [-0.2, -0.15) is 0 Å². The largest absolute Gasteiger partial charge is 0.487 e. The van der Waals surface area contributed by atoms with Gasteiger partial charge in [0.1, 0.15) is 18.1 Å². The monoisotopic (exact) mass is 375 g/mol. The van der Waals surface area contributed by atoms with Gasteiger partial charge in [-0.25, -0.2) is 9.18 Å². The molecule has 0 atom stereocenters. The third-order valence-corrected chi connectivity index (χ3v) is 4.18. The summed E-state index contributed by atoms with van der Waals surface area (Å²) in [6.45, 7) is -0.000704. The van der Waals surface area contributed by atoms with Gasteiger partial charge < -0.3 is 19.2 Å². The smallest absolute Gasteiger partial charge is 0.348 e. The normalized spacial score (nSPS) is 10.3. The highest BCUT2D eigenvalue weighted by atomic mass is 32.1. The number of halogens is 1. The fraction of sp³-hybridized carbons (Fsp3) is 0.111. The Balaban J connectivity index is 1.46. The van der Waals surface area contributed by atoms with Crippen LogP contribution in [0.1, 0.15) is 20.2 Å². The molecule has 0 radical (unpaired) electrons. The molecule has 2 heterocycles. The van der Waals surface area contributed by atoms with Crippen molar-refractivity contribution >= 4 is 28.2 Å². The van der Waals surface area contributed by atoms with E-state index in [0.29, 0.717) is 9.88 Å². The van der Waals surface area contributed by atoms with Crippen molar-refractivity contribution in [3.63, 3.8) is 0 Å². The number of thiophene rings is 1. The number of hydrogen-bond acceptors (Lipinski definition) is 6. The molecule has 0 aliphatic rings. The lowest BCUT2D eigenvalue weighted by atomic mass is 10.3. The molecule has 0 fully saturated rings. The van der Waals surface area contributed by atoms with Gasteiger partial charge in [-0.1, -0.05) is 12.1 Å². The third kappa shape index (κ3) is 4.48. The van der Waals surface area contributed by atoms with Crippen molar-refractivity contribution in [2.45, 2.75) is 0 Å². The molecule has 0 aliphatic heterocycles. The van der Waals surface area contributed by atoms with E-state index in [0.717, 1.165) is 11.3 Å². The standard InChI is InChI=1S/C18H14FNO5S/c19-12-4-1-2-5-13(12)24-10-11-25-18(22)15-7-8-16(26-15)20-17(21)14-6-3-9-23-14/h1-9H,10-11H2,(H,20,21). The number of anilines is 1.